The molecule has 1 aliphatic rings. The van der Waals surface area contributed by atoms with Crippen molar-refractivity contribution in [2.75, 3.05) is 25.0 Å². The zero-order valence-electron chi connectivity index (χ0n) is 27.5. The molecule has 1 fully saturated rings. The van der Waals surface area contributed by atoms with Gasteiger partial charge in [0.05, 0.1) is 11.7 Å². The van der Waals surface area contributed by atoms with Crippen LogP contribution in [0.25, 0.3) is 44.6 Å². The molecule has 9 heteroatoms. The van der Waals surface area contributed by atoms with Gasteiger partial charge in [-0.3, -0.25) is 9.88 Å². The van der Waals surface area contributed by atoms with E-state index in [-0.39, 0.29) is 0 Å². The lowest BCUT2D eigenvalue weighted by Gasteiger charge is -2.17. The van der Waals surface area contributed by atoms with Gasteiger partial charge in [0.1, 0.15) is 17.1 Å². The molecule has 242 valence electrons. The number of pyridine rings is 2. The van der Waals surface area contributed by atoms with Crippen LogP contribution in [-0.4, -0.2) is 50.7 Å². The molecule has 4 heterocycles. The van der Waals surface area contributed by atoms with Gasteiger partial charge in [-0.2, -0.15) is 5.26 Å². The minimum atomic E-state index is -0.456. The van der Waals surface area contributed by atoms with Gasteiger partial charge in [0, 0.05) is 48.7 Å². The number of rotatable bonds is 10. The lowest BCUT2D eigenvalue weighted by atomic mass is 9.93. The number of oxazole rings is 1. The summed E-state index contributed by atoms with van der Waals surface area (Å²) in [5.74, 6) is 1.20. The van der Waals surface area contributed by atoms with Crippen LogP contribution in [0, 0.1) is 25.2 Å². The van der Waals surface area contributed by atoms with Gasteiger partial charge in [0.15, 0.2) is 11.4 Å². The molecule has 0 bridgehead atoms. The highest BCUT2D eigenvalue weighted by atomic mass is 16.3. The number of benzene rings is 3. The third-order valence-electron chi connectivity index (χ3n) is 9.14. The second-order valence-corrected chi connectivity index (χ2v) is 12.7. The molecule has 3 N–H and O–H groups in total. The first-order valence-corrected chi connectivity index (χ1v) is 16.5. The van der Waals surface area contributed by atoms with Gasteiger partial charge in [-0.1, -0.05) is 24.3 Å². The summed E-state index contributed by atoms with van der Waals surface area (Å²) in [4.78, 5) is 16.8. The summed E-state index contributed by atoms with van der Waals surface area (Å²) < 4.78 is 6.24. The van der Waals surface area contributed by atoms with Gasteiger partial charge in [-0.15, -0.1) is 0 Å². The highest BCUT2D eigenvalue weighted by Gasteiger charge is 2.19. The van der Waals surface area contributed by atoms with Crippen molar-refractivity contribution < 1.29 is 9.52 Å². The molecule has 48 heavy (non-hydrogen) atoms. The van der Waals surface area contributed by atoms with E-state index in [2.05, 4.69) is 70.8 Å². The topological polar surface area (TPSA) is 123 Å². The van der Waals surface area contributed by atoms with Crippen molar-refractivity contribution in [2.45, 2.75) is 52.8 Å². The maximum absolute atomic E-state index is 9.87. The first-order chi connectivity index (χ1) is 23.4. The Labute approximate surface area is 280 Å². The van der Waals surface area contributed by atoms with Gasteiger partial charge < -0.3 is 20.2 Å². The van der Waals surface area contributed by atoms with Crippen molar-refractivity contribution in [1.29, 1.82) is 5.26 Å². The van der Waals surface area contributed by atoms with E-state index in [0.29, 0.717) is 35.6 Å². The standard InChI is InChI=1S/C39H39N7O2/c1-24(47)20-41-21-27-16-30(19-40)37-35(18-27)45-39(48-37)33-10-6-8-31(25(33)2)32-9-7-11-34(26(32)3)44-38-36-29(12-13-42-38)17-28(22-43-36)23-46-14-4-5-15-46/h6-13,16-18,22,24,41,47H,4-5,14-15,20-21,23H2,1-3H3,(H,42,44)/t24-/m0/s1. The van der Waals surface area contributed by atoms with E-state index in [1.165, 1.54) is 18.4 Å². The molecule has 0 amide bonds. The minimum absolute atomic E-state index is 0.433. The summed E-state index contributed by atoms with van der Waals surface area (Å²) in [6.45, 7) is 10.1. The van der Waals surface area contributed by atoms with Gasteiger partial charge in [0.2, 0.25) is 5.89 Å². The largest absolute Gasteiger partial charge is 0.435 e. The Morgan fingerprint density at radius 3 is 2.52 bits per heavy atom. The Morgan fingerprint density at radius 1 is 0.958 bits per heavy atom. The number of nitrogens with zero attached hydrogens (tertiary/aromatic N) is 5. The highest BCUT2D eigenvalue weighted by Crippen LogP contribution is 2.37. The fraction of sp³-hybridized carbons (Fsp3) is 0.282. The zero-order valence-corrected chi connectivity index (χ0v) is 27.5. The van der Waals surface area contributed by atoms with Crippen LogP contribution in [-0.2, 0) is 13.1 Å². The quantitative estimate of drug-likeness (QED) is 0.141. The number of anilines is 2. The maximum Gasteiger partial charge on any atom is 0.227 e. The number of likely N-dealkylation sites (tertiary alicyclic amines) is 1. The lowest BCUT2D eigenvalue weighted by Crippen LogP contribution is -2.23. The number of hydrogen-bond acceptors (Lipinski definition) is 9. The number of hydrogen-bond donors (Lipinski definition) is 3. The summed E-state index contributed by atoms with van der Waals surface area (Å²) >= 11 is 0. The first kappa shape index (κ1) is 31.5. The molecule has 0 saturated carbocycles. The molecule has 6 aromatic rings. The number of nitrogens with one attached hydrogen (secondary N) is 2. The molecule has 0 unspecified atom stereocenters. The Kier molecular flexibility index (Phi) is 8.87. The van der Waals surface area contributed by atoms with Crippen molar-refractivity contribution in [3.63, 3.8) is 0 Å². The number of aromatic nitrogens is 3. The first-order valence-electron chi connectivity index (χ1n) is 16.5. The van der Waals surface area contributed by atoms with Crippen LogP contribution < -0.4 is 10.6 Å². The smallest absolute Gasteiger partial charge is 0.227 e. The molecule has 3 aromatic heterocycles. The normalized spacial score (nSPS) is 14.1. The summed E-state index contributed by atoms with van der Waals surface area (Å²) in [5.41, 5.74) is 10.6. The third kappa shape index (κ3) is 6.38. The molecule has 0 aliphatic carbocycles. The van der Waals surface area contributed by atoms with Crippen LogP contribution in [0.5, 0.6) is 0 Å². The van der Waals surface area contributed by atoms with Crippen LogP contribution in [0.1, 0.15) is 47.6 Å². The van der Waals surface area contributed by atoms with Crippen LogP contribution >= 0.6 is 0 Å². The Morgan fingerprint density at radius 2 is 1.73 bits per heavy atom. The molecular weight excluding hydrogens is 598 g/mol. The average molecular weight is 638 g/mol. The molecule has 1 atom stereocenters. The van der Waals surface area contributed by atoms with Crippen molar-refractivity contribution in [1.82, 2.24) is 25.2 Å². The number of fused-ring (bicyclic) bond motifs is 2. The van der Waals surface area contributed by atoms with Gasteiger partial charge in [-0.05, 0) is 116 Å². The number of aliphatic hydroxyl groups is 1. The molecule has 1 aliphatic heterocycles. The van der Waals surface area contributed by atoms with Crippen molar-refractivity contribution >= 4 is 33.5 Å². The van der Waals surface area contributed by atoms with Gasteiger partial charge in [0.25, 0.3) is 0 Å². The Balaban J connectivity index is 1.18. The van der Waals surface area contributed by atoms with Crippen LogP contribution in [0.3, 0.4) is 0 Å². The Hall–Kier alpha value is -5.14. The summed E-state index contributed by atoms with van der Waals surface area (Å²) in [7, 11) is 0. The fourth-order valence-corrected chi connectivity index (χ4v) is 6.65. The molecule has 9 nitrogen and oxygen atoms in total. The zero-order chi connectivity index (χ0) is 33.2. The van der Waals surface area contributed by atoms with E-state index in [0.717, 1.165) is 75.4 Å². The fourth-order valence-electron chi connectivity index (χ4n) is 6.65. The summed E-state index contributed by atoms with van der Waals surface area (Å²) in [6, 6.07) is 22.6. The van der Waals surface area contributed by atoms with Gasteiger partial charge >= 0.3 is 0 Å². The van der Waals surface area contributed by atoms with E-state index in [9.17, 15) is 10.4 Å². The molecule has 1 saturated heterocycles. The highest BCUT2D eigenvalue weighted by molar-refractivity contribution is 5.91. The van der Waals surface area contributed by atoms with Crippen LogP contribution in [0.2, 0.25) is 0 Å². The number of aliphatic hydroxyl groups excluding tert-OH is 1. The van der Waals surface area contributed by atoms with E-state index in [4.69, 9.17) is 14.4 Å². The van der Waals surface area contributed by atoms with Gasteiger partial charge in [-0.25, -0.2) is 9.97 Å². The van der Waals surface area contributed by atoms with Crippen molar-refractivity contribution in [3.8, 4) is 28.7 Å². The minimum Gasteiger partial charge on any atom is -0.435 e. The third-order valence-corrected chi connectivity index (χ3v) is 9.14. The molecule has 3 aromatic carbocycles. The maximum atomic E-state index is 9.87. The average Bonchev–Trinajstić information content (AvgIpc) is 3.76. The van der Waals surface area contributed by atoms with Crippen molar-refractivity contribution in [3.05, 3.63) is 101 Å². The second kappa shape index (κ2) is 13.5. The van der Waals surface area contributed by atoms with E-state index in [1.807, 2.05) is 42.7 Å². The molecule has 0 spiro atoms. The van der Waals surface area contributed by atoms with E-state index in [1.54, 1.807) is 6.92 Å². The summed E-state index contributed by atoms with van der Waals surface area (Å²) in [5, 5.41) is 27.3. The number of nitriles is 1. The summed E-state index contributed by atoms with van der Waals surface area (Å²) in [6.07, 6.45) is 5.90. The SMILES string of the molecule is Cc1c(Nc2nccc3cc(CN4CCCC4)cnc23)cccc1-c1cccc(-c2nc3cc(CNC[C@H](C)O)cc(C#N)c3o2)c1C. The van der Waals surface area contributed by atoms with Crippen LogP contribution in [0.4, 0.5) is 11.5 Å². The van der Waals surface area contributed by atoms with E-state index < -0.39 is 6.10 Å². The Bertz CT molecular complexity index is 2160. The predicted octanol–water partition coefficient (Wildman–Crippen LogP) is 7.40. The molecular formula is C39H39N7O2. The molecule has 0 radical (unpaired) electrons. The van der Waals surface area contributed by atoms with Crippen LogP contribution in [0.15, 0.2) is 77.5 Å². The predicted molar refractivity (Wildman–Crippen MR) is 190 cm³/mol. The monoisotopic (exact) mass is 637 g/mol. The lowest BCUT2D eigenvalue weighted by molar-refractivity contribution is 0.191. The second-order valence-electron chi connectivity index (χ2n) is 12.7. The molecule has 7 rings (SSSR count). The van der Waals surface area contributed by atoms with E-state index >= 15 is 0 Å². The van der Waals surface area contributed by atoms with Crippen molar-refractivity contribution in [2.24, 2.45) is 0 Å².